The highest BCUT2D eigenvalue weighted by Crippen LogP contribution is 2.26. The van der Waals surface area contributed by atoms with Crippen LogP contribution >= 0.6 is 0 Å². The lowest BCUT2D eigenvalue weighted by molar-refractivity contribution is -0.144. The Hall–Kier alpha value is -3.61. The summed E-state index contributed by atoms with van der Waals surface area (Å²) in [5, 5.41) is 7.07. The summed E-state index contributed by atoms with van der Waals surface area (Å²) in [4.78, 5) is 15.4. The minimum atomic E-state index is -4.76. The van der Waals surface area contributed by atoms with Crippen molar-refractivity contribution in [3.8, 4) is 5.75 Å². The maximum atomic E-state index is 12.7. The first kappa shape index (κ1) is 22.1. The van der Waals surface area contributed by atoms with Gasteiger partial charge < -0.3 is 4.74 Å². The van der Waals surface area contributed by atoms with Gasteiger partial charge in [0.05, 0.1) is 12.0 Å². The standard InChI is InChI=1S/C18H16F3N5O4S/c1-10-3-8-13(31(28,29)26-11-4-6-12(30-2)7-5-11)9-14(10)15(27)22-17-23-16(24-25-17)18(19,20)21/h3-9,26H,1-2H3,(H2,22,23,24,25,27). The largest absolute Gasteiger partial charge is 0.497 e. The third-order valence-electron chi connectivity index (χ3n) is 4.09. The van der Waals surface area contributed by atoms with E-state index in [1.807, 2.05) is 0 Å². The van der Waals surface area contributed by atoms with E-state index < -0.39 is 33.9 Å². The van der Waals surface area contributed by atoms with E-state index in [4.69, 9.17) is 4.74 Å². The van der Waals surface area contributed by atoms with E-state index in [1.54, 1.807) is 24.2 Å². The minimum Gasteiger partial charge on any atom is -0.497 e. The van der Waals surface area contributed by atoms with Crippen LogP contribution < -0.4 is 14.8 Å². The number of nitrogens with one attached hydrogen (secondary N) is 3. The van der Waals surface area contributed by atoms with Crippen molar-refractivity contribution in [3.05, 3.63) is 59.4 Å². The molecule has 164 valence electrons. The van der Waals surface area contributed by atoms with E-state index >= 15 is 0 Å². The van der Waals surface area contributed by atoms with Crippen LogP contribution in [0.25, 0.3) is 0 Å². The van der Waals surface area contributed by atoms with Crippen molar-refractivity contribution in [2.75, 3.05) is 17.1 Å². The van der Waals surface area contributed by atoms with Gasteiger partial charge >= 0.3 is 6.18 Å². The van der Waals surface area contributed by atoms with Gasteiger partial charge in [0.15, 0.2) is 0 Å². The summed E-state index contributed by atoms with van der Waals surface area (Å²) in [6, 6.07) is 9.94. The number of hydrogen-bond acceptors (Lipinski definition) is 6. The SMILES string of the molecule is COc1ccc(NS(=O)(=O)c2ccc(C)c(C(=O)Nc3n[nH]c(C(F)(F)F)n3)c2)cc1. The summed E-state index contributed by atoms with van der Waals surface area (Å²) in [5.74, 6) is -2.30. The molecule has 3 aromatic rings. The molecule has 31 heavy (non-hydrogen) atoms. The zero-order chi connectivity index (χ0) is 22.8. The van der Waals surface area contributed by atoms with E-state index in [0.29, 0.717) is 11.3 Å². The first-order valence-corrected chi connectivity index (χ1v) is 10.1. The quantitative estimate of drug-likeness (QED) is 0.524. The average molecular weight is 455 g/mol. The van der Waals surface area contributed by atoms with Crippen LogP contribution in [0.3, 0.4) is 0 Å². The van der Waals surface area contributed by atoms with Crippen LogP contribution in [0.5, 0.6) is 5.75 Å². The summed E-state index contributed by atoms with van der Waals surface area (Å²) in [6.45, 7) is 1.54. The number of halogens is 3. The Morgan fingerprint density at radius 3 is 2.39 bits per heavy atom. The van der Waals surface area contributed by atoms with Crippen molar-refractivity contribution in [1.29, 1.82) is 0 Å². The Labute approximate surface area is 174 Å². The van der Waals surface area contributed by atoms with E-state index in [1.165, 1.54) is 31.4 Å². The molecule has 0 radical (unpaired) electrons. The number of alkyl halides is 3. The molecule has 0 aliphatic carbocycles. The fourth-order valence-electron chi connectivity index (χ4n) is 2.50. The number of rotatable bonds is 6. The molecule has 2 aromatic carbocycles. The molecule has 3 rings (SSSR count). The first-order chi connectivity index (χ1) is 14.5. The highest BCUT2D eigenvalue weighted by Gasteiger charge is 2.35. The molecular weight excluding hydrogens is 439 g/mol. The van der Waals surface area contributed by atoms with Gasteiger partial charge in [0.2, 0.25) is 11.8 Å². The molecule has 0 saturated heterocycles. The second kappa shape index (κ2) is 8.26. The Morgan fingerprint density at radius 1 is 1.13 bits per heavy atom. The van der Waals surface area contributed by atoms with Gasteiger partial charge in [-0.1, -0.05) is 6.07 Å². The van der Waals surface area contributed by atoms with Crippen molar-refractivity contribution >= 4 is 27.6 Å². The fraction of sp³-hybridized carbons (Fsp3) is 0.167. The fourth-order valence-corrected chi connectivity index (χ4v) is 3.58. The van der Waals surface area contributed by atoms with E-state index in [0.717, 1.165) is 6.07 Å². The van der Waals surface area contributed by atoms with Crippen LogP contribution in [0.15, 0.2) is 47.4 Å². The molecule has 1 amide bonds. The number of hydrogen-bond donors (Lipinski definition) is 3. The third kappa shape index (κ3) is 5.12. The van der Waals surface area contributed by atoms with E-state index in [2.05, 4.69) is 20.1 Å². The molecule has 0 aliphatic rings. The van der Waals surface area contributed by atoms with Crippen LogP contribution in [-0.4, -0.2) is 36.6 Å². The topological polar surface area (TPSA) is 126 Å². The van der Waals surface area contributed by atoms with Crippen LogP contribution in [0.1, 0.15) is 21.7 Å². The van der Waals surface area contributed by atoms with Crippen LogP contribution in [0, 0.1) is 6.92 Å². The molecule has 3 N–H and O–H groups in total. The monoisotopic (exact) mass is 455 g/mol. The number of ether oxygens (including phenoxy) is 1. The second-order valence-corrected chi connectivity index (χ2v) is 7.95. The average Bonchev–Trinajstić information content (AvgIpc) is 3.17. The molecule has 9 nitrogen and oxygen atoms in total. The molecule has 0 fully saturated rings. The number of anilines is 2. The van der Waals surface area contributed by atoms with Crippen LogP contribution in [-0.2, 0) is 16.2 Å². The lowest BCUT2D eigenvalue weighted by Gasteiger charge is -2.11. The molecule has 0 atom stereocenters. The highest BCUT2D eigenvalue weighted by molar-refractivity contribution is 7.92. The molecule has 0 unspecified atom stereocenters. The number of benzene rings is 2. The van der Waals surface area contributed by atoms with Crippen molar-refractivity contribution in [2.45, 2.75) is 18.0 Å². The number of carbonyl (C=O) groups is 1. The van der Waals surface area contributed by atoms with Gasteiger partial charge in [-0.2, -0.15) is 18.2 Å². The smallest absolute Gasteiger partial charge is 0.451 e. The highest BCUT2D eigenvalue weighted by atomic mass is 32.2. The number of aryl methyl sites for hydroxylation is 1. The van der Waals surface area contributed by atoms with E-state index in [-0.39, 0.29) is 16.1 Å². The van der Waals surface area contributed by atoms with Crippen LogP contribution in [0.2, 0.25) is 0 Å². The summed E-state index contributed by atoms with van der Waals surface area (Å²) < 4.78 is 70.6. The summed E-state index contributed by atoms with van der Waals surface area (Å²) >= 11 is 0. The number of methoxy groups -OCH3 is 1. The molecule has 0 spiro atoms. The van der Waals surface area contributed by atoms with Crippen LogP contribution in [0.4, 0.5) is 24.8 Å². The molecular formula is C18H16F3N5O4S. The number of H-pyrrole nitrogens is 1. The molecule has 1 heterocycles. The second-order valence-electron chi connectivity index (χ2n) is 6.27. The summed E-state index contributed by atoms with van der Waals surface area (Å²) in [5.41, 5.74) is 0.594. The molecule has 0 bridgehead atoms. The number of aromatic amines is 1. The van der Waals surface area contributed by atoms with Gasteiger partial charge in [-0.05, 0) is 48.9 Å². The maximum Gasteiger partial charge on any atom is 0.451 e. The molecule has 13 heteroatoms. The van der Waals surface area contributed by atoms with Gasteiger partial charge in [-0.15, -0.1) is 5.10 Å². The van der Waals surface area contributed by atoms with E-state index in [9.17, 15) is 26.4 Å². The maximum absolute atomic E-state index is 12.7. The van der Waals surface area contributed by atoms with Gasteiger partial charge in [0.25, 0.3) is 15.9 Å². The van der Waals surface area contributed by atoms with Gasteiger partial charge in [-0.25, -0.2) is 8.42 Å². The number of amides is 1. The zero-order valence-corrected chi connectivity index (χ0v) is 16.9. The summed E-state index contributed by atoms with van der Waals surface area (Å²) in [6.07, 6.45) is -4.76. The lowest BCUT2D eigenvalue weighted by atomic mass is 10.1. The Morgan fingerprint density at radius 2 is 1.81 bits per heavy atom. The van der Waals surface area contributed by atoms with Crippen molar-refractivity contribution in [3.63, 3.8) is 0 Å². The summed E-state index contributed by atoms with van der Waals surface area (Å²) in [7, 11) is -2.58. The number of nitrogens with zero attached hydrogens (tertiary/aromatic N) is 2. The zero-order valence-electron chi connectivity index (χ0n) is 16.1. The van der Waals surface area contributed by atoms with Gasteiger partial charge in [0, 0.05) is 11.3 Å². The molecule has 1 aromatic heterocycles. The van der Waals surface area contributed by atoms with Gasteiger partial charge in [0.1, 0.15) is 5.75 Å². The minimum absolute atomic E-state index is 0.0732. The number of carbonyl (C=O) groups excluding carboxylic acids is 1. The number of aromatic nitrogens is 3. The number of sulfonamides is 1. The predicted octanol–water partition coefficient (Wildman–Crippen LogP) is 3.19. The Bertz CT molecular complexity index is 1210. The first-order valence-electron chi connectivity index (χ1n) is 8.58. The Kier molecular flexibility index (Phi) is 5.88. The van der Waals surface area contributed by atoms with Gasteiger partial charge in [-0.3, -0.25) is 19.9 Å². The van der Waals surface area contributed by atoms with Crippen molar-refractivity contribution in [2.24, 2.45) is 0 Å². The van der Waals surface area contributed by atoms with Crippen molar-refractivity contribution < 1.29 is 31.1 Å². The lowest BCUT2D eigenvalue weighted by Crippen LogP contribution is -2.17. The predicted molar refractivity (Wildman–Crippen MR) is 104 cm³/mol. The molecule has 0 saturated carbocycles. The Balaban J connectivity index is 1.83. The molecule has 0 aliphatic heterocycles. The van der Waals surface area contributed by atoms with Crippen molar-refractivity contribution in [1.82, 2.24) is 15.2 Å². The third-order valence-corrected chi connectivity index (χ3v) is 5.46. The normalized spacial score (nSPS) is 11.8.